The number of carbonyl (C=O) groups is 1. The van der Waals surface area contributed by atoms with E-state index in [9.17, 15) is 4.79 Å². The molecule has 96 valence electrons. The lowest BCUT2D eigenvalue weighted by Crippen LogP contribution is -2.53. The summed E-state index contributed by atoms with van der Waals surface area (Å²) in [7, 11) is 0. The van der Waals surface area contributed by atoms with Gasteiger partial charge in [0, 0.05) is 6.54 Å². The lowest BCUT2D eigenvalue weighted by Gasteiger charge is -2.38. The molecule has 0 aliphatic carbocycles. The third kappa shape index (κ3) is 3.42. The van der Waals surface area contributed by atoms with Crippen molar-refractivity contribution < 1.29 is 14.6 Å². The van der Waals surface area contributed by atoms with Crippen molar-refractivity contribution in [2.75, 3.05) is 19.8 Å². The summed E-state index contributed by atoms with van der Waals surface area (Å²) in [4.78, 5) is 13.8. The van der Waals surface area contributed by atoms with Gasteiger partial charge in [0.2, 0.25) is 5.91 Å². The van der Waals surface area contributed by atoms with Crippen LogP contribution in [0.2, 0.25) is 0 Å². The fourth-order valence-electron chi connectivity index (χ4n) is 1.97. The summed E-state index contributed by atoms with van der Waals surface area (Å²) in [5.74, 6) is -0.705. The van der Waals surface area contributed by atoms with E-state index in [0.29, 0.717) is 19.6 Å². The first-order valence-corrected chi connectivity index (χ1v) is 6.06. The van der Waals surface area contributed by atoms with Crippen LogP contribution in [0.3, 0.4) is 0 Å². The van der Waals surface area contributed by atoms with E-state index >= 15 is 0 Å². The molecule has 0 saturated carbocycles. The molecule has 5 heteroatoms. The summed E-state index contributed by atoms with van der Waals surface area (Å²) in [6.07, 6.45) is 1.08. The number of aliphatic hydroxyl groups excluding tert-OH is 1. The van der Waals surface area contributed by atoms with Crippen LogP contribution in [0.15, 0.2) is 0 Å². The van der Waals surface area contributed by atoms with Gasteiger partial charge in [0.1, 0.15) is 5.92 Å². The van der Waals surface area contributed by atoms with Crippen LogP contribution < -0.4 is 0 Å². The van der Waals surface area contributed by atoms with E-state index in [1.54, 1.807) is 4.90 Å². The number of carbonyl (C=O) groups excluding carboxylic acids is 1. The SMILES string of the molecule is CCCC(C#N)C(=O)N1CC(CO)OCC1C. The monoisotopic (exact) mass is 240 g/mol. The van der Waals surface area contributed by atoms with Crippen LogP contribution in [0.1, 0.15) is 26.7 Å². The molecule has 1 aliphatic heterocycles. The first-order chi connectivity index (χ1) is 8.13. The van der Waals surface area contributed by atoms with E-state index in [-0.39, 0.29) is 24.7 Å². The average molecular weight is 240 g/mol. The molecule has 1 N–H and O–H groups in total. The van der Waals surface area contributed by atoms with E-state index in [2.05, 4.69) is 6.07 Å². The Labute approximate surface area is 102 Å². The molecule has 1 fully saturated rings. The molecule has 5 nitrogen and oxygen atoms in total. The van der Waals surface area contributed by atoms with Crippen molar-refractivity contribution in [3.63, 3.8) is 0 Å². The van der Waals surface area contributed by atoms with Gasteiger partial charge in [-0.3, -0.25) is 4.79 Å². The summed E-state index contributed by atoms with van der Waals surface area (Å²) in [5.41, 5.74) is 0. The maximum atomic E-state index is 12.2. The van der Waals surface area contributed by atoms with Gasteiger partial charge in [-0.05, 0) is 13.3 Å². The minimum Gasteiger partial charge on any atom is -0.394 e. The van der Waals surface area contributed by atoms with Gasteiger partial charge in [-0.1, -0.05) is 13.3 Å². The number of morpholine rings is 1. The number of aliphatic hydroxyl groups is 1. The standard InChI is InChI=1S/C12H20N2O3/c1-3-4-10(5-13)12(16)14-6-11(7-15)17-8-9(14)2/h9-11,15H,3-4,6-8H2,1-2H3. The van der Waals surface area contributed by atoms with Gasteiger partial charge in [-0.2, -0.15) is 5.26 Å². The van der Waals surface area contributed by atoms with Crippen molar-refractivity contribution in [2.45, 2.75) is 38.8 Å². The van der Waals surface area contributed by atoms with E-state index in [1.807, 2.05) is 13.8 Å². The Morgan fingerprint density at radius 2 is 2.41 bits per heavy atom. The third-order valence-electron chi connectivity index (χ3n) is 3.02. The van der Waals surface area contributed by atoms with Gasteiger partial charge in [0.05, 0.1) is 31.4 Å². The fraction of sp³-hybridized carbons (Fsp3) is 0.833. The van der Waals surface area contributed by atoms with E-state index in [4.69, 9.17) is 15.1 Å². The number of nitrogens with zero attached hydrogens (tertiary/aromatic N) is 2. The highest BCUT2D eigenvalue weighted by atomic mass is 16.5. The second kappa shape index (κ2) is 6.58. The van der Waals surface area contributed by atoms with Crippen molar-refractivity contribution in [3.8, 4) is 6.07 Å². The molecule has 1 rings (SSSR count). The second-order valence-electron chi connectivity index (χ2n) is 4.45. The van der Waals surface area contributed by atoms with Crippen LogP contribution >= 0.6 is 0 Å². The number of rotatable bonds is 4. The number of nitriles is 1. The van der Waals surface area contributed by atoms with Gasteiger partial charge in [0.15, 0.2) is 0 Å². The molecule has 3 atom stereocenters. The molecule has 1 amide bonds. The Morgan fingerprint density at radius 1 is 1.71 bits per heavy atom. The van der Waals surface area contributed by atoms with Gasteiger partial charge in [-0.15, -0.1) is 0 Å². The summed E-state index contributed by atoms with van der Waals surface area (Å²) >= 11 is 0. The lowest BCUT2D eigenvalue weighted by atomic mass is 10.0. The summed E-state index contributed by atoms with van der Waals surface area (Å²) in [5, 5.41) is 18.0. The van der Waals surface area contributed by atoms with Gasteiger partial charge >= 0.3 is 0 Å². The second-order valence-corrected chi connectivity index (χ2v) is 4.45. The van der Waals surface area contributed by atoms with Gasteiger partial charge < -0.3 is 14.7 Å². The maximum absolute atomic E-state index is 12.2. The largest absolute Gasteiger partial charge is 0.394 e. The summed E-state index contributed by atoms with van der Waals surface area (Å²) < 4.78 is 5.37. The number of hydrogen-bond donors (Lipinski definition) is 1. The van der Waals surface area contributed by atoms with Gasteiger partial charge in [0.25, 0.3) is 0 Å². The normalized spacial score (nSPS) is 26.4. The van der Waals surface area contributed by atoms with Crippen molar-refractivity contribution in [1.29, 1.82) is 5.26 Å². The van der Waals surface area contributed by atoms with Crippen LogP contribution in [-0.2, 0) is 9.53 Å². The number of ether oxygens (including phenoxy) is 1. The Hall–Kier alpha value is -1.12. The average Bonchev–Trinajstić information content (AvgIpc) is 2.35. The third-order valence-corrected chi connectivity index (χ3v) is 3.02. The first kappa shape index (κ1) is 13.9. The van der Waals surface area contributed by atoms with E-state index in [1.165, 1.54) is 0 Å². The maximum Gasteiger partial charge on any atom is 0.240 e. The smallest absolute Gasteiger partial charge is 0.240 e. The van der Waals surface area contributed by atoms with Crippen LogP contribution in [0.25, 0.3) is 0 Å². The predicted molar refractivity (Wildman–Crippen MR) is 62.0 cm³/mol. The Bertz CT molecular complexity index is 301. The molecule has 3 unspecified atom stereocenters. The molecule has 17 heavy (non-hydrogen) atoms. The topological polar surface area (TPSA) is 73.6 Å². The molecule has 1 saturated heterocycles. The summed E-state index contributed by atoms with van der Waals surface area (Å²) in [6.45, 7) is 4.55. The van der Waals surface area contributed by atoms with Gasteiger partial charge in [-0.25, -0.2) is 0 Å². The van der Waals surface area contributed by atoms with E-state index in [0.717, 1.165) is 6.42 Å². The zero-order valence-corrected chi connectivity index (χ0v) is 10.4. The van der Waals surface area contributed by atoms with Crippen molar-refractivity contribution in [1.82, 2.24) is 4.90 Å². The van der Waals surface area contributed by atoms with E-state index < -0.39 is 5.92 Å². The Kier molecular flexibility index (Phi) is 5.39. The molecule has 0 radical (unpaired) electrons. The molecule has 0 aromatic carbocycles. The molecule has 0 bridgehead atoms. The molecular formula is C12H20N2O3. The quantitative estimate of drug-likeness (QED) is 0.778. The fourth-order valence-corrected chi connectivity index (χ4v) is 1.97. The zero-order chi connectivity index (χ0) is 12.8. The Balaban J connectivity index is 2.68. The van der Waals surface area contributed by atoms with Crippen LogP contribution in [-0.4, -0.2) is 47.8 Å². The van der Waals surface area contributed by atoms with Crippen LogP contribution in [0.5, 0.6) is 0 Å². The Morgan fingerprint density at radius 3 is 2.94 bits per heavy atom. The van der Waals surface area contributed by atoms with Crippen molar-refractivity contribution >= 4 is 5.91 Å². The predicted octanol–water partition coefficient (Wildman–Crippen LogP) is 0.534. The molecular weight excluding hydrogens is 220 g/mol. The van der Waals surface area contributed by atoms with Crippen LogP contribution in [0, 0.1) is 17.2 Å². The number of hydrogen-bond acceptors (Lipinski definition) is 4. The molecule has 0 spiro atoms. The molecule has 1 aliphatic rings. The molecule has 0 aromatic heterocycles. The molecule has 1 heterocycles. The number of amides is 1. The molecule has 0 aromatic rings. The zero-order valence-electron chi connectivity index (χ0n) is 10.4. The minimum absolute atomic E-state index is 0.0296. The lowest BCUT2D eigenvalue weighted by molar-refractivity contribution is -0.148. The minimum atomic E-state index is -0.570. The van der Waals surface area contributed by atoms with Crippen molar-refractivity contribution in [2.24, 2.45) is 5.92 Å². The first-order valence-electron chi connectivity index (χ1n) is 6.06. The highest BCUT2D eigenvalue weighted by Crippen LogP contribution is 2.17. The van der Waals surface area contributed by atoms with Crippen LogP contribution in [0.4, 0.5) is 0 Å². The highest BCUT2D eigenvalue weighted by Gasteiger charge is 2.32. The van der Waals surface area contributed by atoms with Crippen molar-refractivity contribution in [3.05, 3.63) is 0 Å². The summed E-state index contributed by atoms with van der Waals surface area (Å²) in [6, 6.07) is 2.03. The highest BCUT2D eigenvalue weighted by molar-refractivity contribution is 5.81.